The molecule has 1 heterocycles. The summed E-state index contributed by atoms with van der Waals surface area (Å²) in [5, 5.41) is 2.16. The molecule has 2 rings (SSSR count). The molecule has 21 heavy (non-hydrogen) atoms. The normalized spacial score (nSPS) is 16.2. The number of urea groups is 1. The van der Waals surface area contributed by atoms with Crippen molar-refractivity contribution in [1.29, 1.82) is 0 Å². The van der Waals surface area contributed by atoms with Gasteiger partial charge in [-0.3, -0.25) is 10.1 Å². The van der Waals surface area contributed by atoms with Gasteiger partial charge in [0.05, 0.1) is 10.5 Å². The molecule has 1 aliphatic heterocycles. The highest BCUT2D eigenvalue weighted by Crippen LogP contribution is 2.33. The fourth-order valence-electron chi connectivity index (χ4n) is 1.64. The van der Waals surface area contributed by atoms with Gasteiger partial charge in [0.2, 0.25) is 5.91 Å². The second-order valence-corrected chi connectivity index (χ2v) is 5.66. The summed E-state index contributed by atoms with van der Waals surface area (Å²) in [6, 6.07) is 2.44. The van der Waals surface area contributed by atoms with Crippen molar-refractivity contribution in [2.24, 2.45) is 0 Å². The predicted octanol–water partition coefficient (Wildman–Crippen LogP) is 0.450. The Bertz CT molecular complexity index is 702. The first-order valence-electron chi connectivity index (χ1n) is 5.41. The van der Waals surface area contributed by atoms with Crippen LogP contribution < -0.4 is 10.1 Å². The lowest BCUT2D eigenvalue weighted by Gasteiger charge is -2.17. The van der Waals surface area contributed by atoms with E-state index in [4.69, 9.17) is 0 Å². The molecule has 0 aliphatic carbocycles. The molecule has 1 saturated heterocycles. The van der Waals surface area contributed by atoms with E-state index in [-0.39, 0.29) is 0 Å². The zero-order valence-electron chi connectivity index (χ0n) is 10.1. The lowest BCUT2D eigenvalue weighted by Crippen LogP contribution is -2.44. The molecular formula is C10H8F3N3O4S. The van der Waals surface area contributed by atoms with E-state index in [1.807, 2.05) is 0 Å². The number of hydrogen-bond acceptors (Lipinski definition) is 4. The van der Waals surface area contributed by atoms with E-state index >= 15 is 0 Å². The van der Waals surface area contributed by atoms with Crippen molar-refractivity contribution in [2.45, 2.75) is 11.1 Å². The highest BCUT2D eigenvalue weighted by Gasteiger charge is 2.38. The zero-order valence-corrected chi connectivity index (χ0v) is 11.0. The number of carbonyl (C=O) groups excluding carboxylic acids is 2. The molecule has 114 valence electrons. The maximum atomic E-state index is 12.8. The number of hydrazine groups is 1. The lowest BCUT2D eigenvalue weighted by atomic mass is 10.2. The predicted molar refractivity (Wildman–Crippen MR) is 62.0 cm³/mol. The summed E-state index contributed by atoms with van der Waals surface area (Å²) in [6.45, 7) is -0.619. The first-order valence-corrected chi connectivity index (χ1v) is 6.89. The third kappa shape index (κ3) is 3.13. The van der Waals surface area contributed by atoms with E-state index in [0.717, 1.165) is 18.2 Å². The Morgan fingerprint density at radius 3 is 2.33 bits per heavy atom. The van der Waals surface area contributed by atoms with Crippen molar-refractivity contribution in [3.05, 3.63) is 29.8 Å². The maximum absolute atomic E-state index is 12.8. The molecule has 0 saturated carbocycles. The molecule has 1 aromatic rings. The molecular weight excluding hydrogens is 315 g/mol. The standard InChI is InChI=1S/C10H8F3N3O4S/c11-10(12,13)6-3-1-2-4-7(6)21(19,20)15-16-5-8(17)14-9(16)18/h1-4,15H,5H2,(H,14,17,18). The number of sulfonamides is 1. The number of benzene rings is 1. The molecule has 2 N–H and O–H groups in total. The Labute approximate surface area is 116 Å². The first-order chi connectivity index (χ1) is 9.61. The smallest absolute Gasteiger partial charge is 0.275 e. The third-order valence-corrected chi connectivity index (χ3v) is 3.90. The molecule has 7 nitrogen and oxygen atoms in total. The van der Waals surface area contributed by atoms with Crippen LogP contribution in [0.1, 0.15) is 5.56 Å². The molecule has 1 fully saturated rings. The summed E-state index contributed by atoms with van der Waals surface area (Å²) >= 11 is 0. The fourth-order valence-corrected chi connectivity index (χ4v) is 2.91. The minimum absolute atomic E-state index is 0.380. The van der Waals surface area contributed by atoms with Gasteiger partial charge in [-0.2, -0.15) is 13.2 Å². The third-order valence-electron chi connectivity index (χ3n) is 2.51. The van der Waals surface area contributed by atoms with E-state index in [9.17, 15) is 31.2 Å². The van der Waals surface area contributed by atoms with Crippen LogP contribution in [-0.4, -0.2) is 31.9 Å². The summed E-state index contributed by atoms with van der Waals surface area (Å²) in [4.78, 5) is 22.7. The van der Waals surface area contributed by atoms with Gasteiger partial charge in [-0.1, -0.05) is 12.1 Å². The van der Waals surface area contributed by atoms with Gasteiger partial charge in [-0.05, 0) is 12.1 Å². The maximum Gasteiger partial charge on any atom is 0.417 e. The number of nitrogens with one attached hydrogen (secondary N) is 2. The Hall–Kier alpha value is -2.14. The number of amides is 3. The number of alkyl halides is 3. The van der Waals surface area contributed by atoms with Gasteiger partial charge in [-0.15, -0.1) is 4.83 Å². The molecule has 0 aromatic heterocycles. The molecule has 1 aliphatic rings. The quantitative estimate of drug-likeness (QED) is 0.790. The van der Waals surface area contributed by atoms with Crippen LogP contribution in [0, 0.1) is 0 Å². The van der Waals surface area contributed by atoms with Gasteiger partial charge in [-0.25, -0.2) is 18.2 Å². The fraction of sp³-hybridized carbons (Fsp3) is 0.200. The molecule has 11 heteroatoms. The number of imide groups is 1. The molecule has 3 amide bonds. The summed E-state index contributed by atoms with van der Waals surface area (Å²) in [5.41, 5.74) is -1.37. The highest BCUT2D eigenvalue weighted by molar-refractivity contribution is 7.89. The van der Waals surface area contributed by atoms with E-state index in [2.05, 4.69) is 0 Å². The molecule has 0 unspecified atom stereocenters. The Morgan fingerprint density at radius 1 is 1.19 bits per heavy atom. The Kier molecular flexibility index (Phi) is 3.63. The number of hydrogen-bond donors (Lipinski definition) is 2. The molecule has 0 bridgehead atoms. The average Bonchev–Trinajstić information content (AvgIpc) is 2.66. The summed E-state index contributed by atoms with van der Waals surface area (Å²) < 4.78 is 62.3. The monoisotopic (exact) mass is 323 g/mol. The minimum Gasteiger partial charge on any atom is -0.275 e. The number of nitrogens with zero attached hydrogens (tertiary/aromatic N) is 1. The van der Waals surface area contributed by atoms with Crippen molar-refractivity contribution in [2.75, 3.05) is 6.54 Å². The van der Waals surface area contributed by atoms with E-state index in [1.54, 1.807) is 10.1 Å². The highest BCUT2D eigenvalue weighted by atomic mass is 32.2. The van der Waals surface area contributed by atoms with E-state index in [1.165, 1.54) is 0 Å². The van der Waals surface area contributed by atoms with Crippen LogP contribution in [0.15, 0.2) is 29.2 Å². The van der Waals surface area contributed by atoms with Crippen molar-refractivity contribution in [3.63, 3.8) is 0 Å². The summed E-state index contributed by atoms with van der Waals surface area (Å²) in [5.74, 6) is -0.771. The Balaban J connectivity index is 2.37. The lowest BCUT2D eigenvalue weighted by molar-refractivity contribution is -0.139. The molecule has 0 atom stereocenters. The van der Waals surface area contributed by atoms with Gasteiger partial charge >= 0.3 is 12.2 Å². The van der Waals surface area contributed by atoms with Crippen molar-refractivity contribution >= 4 is 22.0 Å². The zero-order chi connectivity index (χ0) is 15.8. The van der Waals surface area contributed by atoms with Crippen LogP contribution >= 0.6 is 0 Å². The van der Waals surface area contributed by atoms with Crippen LogP contribution in [-0.2, 0) is 21.0 Å². The van der Waals surface area contributed by atoms with Crippen molar-refractivity contribution in [1.82, 2.24) is 15.2 Å². The van der Waals surface area contributed by atoms with E-state index < -0.39 is 45.1 Å². The van der Waals surface area contributed by atoms with E-state index in [0.29, 0.717) is 11.1 Å². The topological polar surface area (TPSA) is 95.6 Å². The second-order valence-electron chi connectivity index (χ2n) is 4.03. The summed E-state index contributed by atoms with van der Waals surface area (Å²) in [7, 11) is -4.67. The van der Waals surface area contributed by atoms with Crippen LogP contribution in [0.2, 0.25) is 0 Å². The Morgan fingerprint density at radius 2 is 1.81 bits per heavy atom. The number of halogens is 3. The largest absolute Gasteiger partial charge is 0.417 e. The number of rotatable bonds is 3. The molecule has 1 aromatic carbocycles. The van der Waals surface area contributed by atoms with Crippen LogP contribution in [0.5, 0.6) is 0 Å². The first kappa shape index (κ1) is 15.3. The SMILES string of the molecule is O=C1CN(NS(=O)(=O)c2ccccc2C(F)(F)F)C(=O)N1. The van der Waals surface area contributed by atoms with Gasteiger partial charge in [0.25, 0.3) is 10.0 Å². The molecule has 0 radical (unpaired) electrons. The summed E-state index contributed by atoms with van der Waals surface area (Å²) in [6.07, 6.45) is -4.88. The average molecular weight is 323 g/mol. The van der Waals surface area contributed by atoms with Gasteiger partial charge in [0.15, 0.2) is 0 Å². The van der Waals surface area contributed by atoms with Crippen molar-refractivity contribution < 1.29 is 31.2 Å². The molecule has 0 spiro atoms. The minimum atomic E-state index is -4.88. The van der Waals surface area contributed by atoms with Gasteiger partial charge < -0.3 is 0 Å². The van der Waals surface area contributed by atoms with Crippen LogP contribution in [0.4, 0.5) is 18.0 Å². The van der Waals surface area contributed by atoms with Crippen LogP contribution in [0.25, 0.3) is 0 Å². The number of carbonyl (C=O) groups is 2. The van der Waals surface area contributed by atoms with Crippen molar-refractivity contribution in [3.8, 4) is 0 Å². The van der Waals surface area contributed by atoms with Crippen LogP contribution in [0.3, 0.4) is 0 Å². The van der Waals surface area contributed by atoms with Gasteiger partial charge in [0, 0.05) is 0 Å². The van der Waals surface area contributed by atoms with Gasteiger partial charge in [0.1, 0.15) is 6.54 Å². The second kappa shape index (κ2) is 5.00.